The van der Waals surface area contributed by atoms with E-state index in [1.165, 1.54) is 0 Å². The average Bonchev–Trinajstić information content (AvgIpc) is 2.75. The molecule has 168 valence electrons. The van der Waals surface area contributed by atoms with Crippen LogP contribution < -0.4 is 10.1 Å². The van der Waals surface area contributed by atoms with Gasteiger partial charge in [-0.1, -0.05) is 67.7 Å². The second kappa shape index (κ2) is 12.6. The molecular formula is C24H30Cl2N2O3. The first-order valence-corrected chi connectivity index (χ1v) is 11.3. The summed E-state index contributed by atoms with van der Waals surface area (Å²) in [5.74, 6) is 0.206. The number of ether oxygens (including phenoxy) is 1. The van der Waals surface area contributed by atoms with Crippen molar-refractivity contribution in [3.8, 4) is 5.75 Å². The summed E-state index contributed by atoms with van der Waals surface area (Å²) in [6.45, 7) is 6.52. The molecule has 0 bridgehead atoms. The molecule has 2 aromatic carbocycles. The summed E-state index contributed by atoms with van der Waals surface area (Å²) in [6, 6.07) is 12.1. The van der Waals surface area contributed by atoms with Gasteiger partial charge in [-0.15, -0.1) is 0 Å². The van der Waals surface area contributed by atoms with E-state index in [4.69, 9.17) is 27.9 Å². The molecular weight excluding hydrogens is 435 g/mol. The molecule has 0 heterocycles. The van der Waals surface area contributed by atoms with Gasteiger partial charge in [-0.25, -0.2) is 0 Å². The third kappa shape index (κ3) is 7.44. The van der Waals surface area contributed by atoms with Gasteiger partial charge < -0.3 is 15.0 Å². The number of aryl methyl sites for hydroxylation is 1. The maximum atomic E-state index is 13.2. The minimum atomic E-state index is -0.612. The van der Waals surface area contributed by atoms with Gasteiger partial charge in [0, 0.05) is 13.1 Å². The van der Waals surface area contributed by atoms with Gasteiger partial charge in [0.25, 0.3) is 5.91 Å². The van der Waals surface area contributed by atoms with Crippen molar-refractivity contribution in [1.29, 1.82) is 0 Å². The maximum Gasteiger partial charge on any atom is 0.261 e. The first kappa shape index (κ1) is 25.0. The lowest BCUT2D eigenvalue weighted by Crippen LogP contribution is -2.50. The van der Waals surface area contributed by atoms with E-state index >= 15 is 0 Å². The van der Waals surface area contributed by atoms with Crippen LogP contribution in [0, 0.1) is 6.92 Å². The fourth-order valence-corrected chi connectivity index (χ4v) is 3.52. The van der Waals surface area contributed by atoms with Crippen LogP contribution in [-0.4, -0.2) is 35.9 Å². The highest BCUT2D eigenvalue weighted by Crippen LogP contribution is 2.24. The normalized spacial score (nSPS) is 11.6. The van der Waals surface area contributed by atoms with Gasteiger partial charge in [0.1, 0.15) is 11.8 Å². The fourth-order valence-electron chi connectivity index (χ4n) is 3.20. The number of nitrogens with zero attached hydrogens (tertiary/aromatic N) is 1. The van der Waals surface area contributed by atoms with E-state index in [2.05, 4.69) is 12.2 Å². The zero-order valence-corrected chi connectivity index (χ0v) is 19.8. The van der Waals surface area contributed by atoms with Gasteiger partial charge >= 0.3 is 0 Å². The molecule has 2 rings (SSSR count). The lowest BCUT2D eigenvalue weighted by molar-refractivity contribution is -0.143. The number of amides is 2. The topological polar surface area (TPSA) is 58.6 Å². The van der Waals surface area contributed by atoms with Crippen LogP contribution in [0.15, 0.2) is 42.5 Å². The molecule has 1 N–H and O–H groups in total. The van der Waals surface area contributed by atoms with Crippen LogP contribution in [-0.2, 0) is 16.1 Å². The molecule has 0 saturated carbocycles. The summed E-state index contributed by atoms with van der Waals surface area (Å²) < 4.78 is 5.76. The average molecular weight is 465 g/mol. The van der Waals surface area contributed by atoms with Crippen LogP contribution in [0.25, 0.3) is 0 Å². The molecule has 0 aliphatic heterocycles. The Hall–Kier alpha value is -2.24. The third-order valence-electron chi connectivity index (χ3n) is 5.00. The molecule has 0 aromatic heterocycles. The molecule has 2 aromatic rings. The molecule has 0 aliphatic carbocycles. The second-order valence-electron chi connectivity index (χ2n) is 7.39. The van der Waals surface area contributed by atoms with Crippen molar-refractivity contribution in [2.45, 2.75) is 52.6 Å². The van der Waals surface area contributed by atoms with Gasteiger partial charge in [0.15, 0.2) is 6.61 Å². The predicted molar refractivity (Wildman–Crippen MR) is 126 cm³/mol. The van der Waals surface area contributed by atoms with E-state index in [0.717, 1.165) is 24.0 Å². The number of carbonyl (C=O) groups excluding carboxylic acids is 2. The highest BCUT2D eigenvalue weighted by atomic mass is 35.5. The molecule has 31 heavy (non-hydrogen) atoms. The first-order valence-electron chi connectivity index (χ1n) is 10.6. The van der Waals surface area contributed by atoms with E-state index in [1.807, 2.05) is 38.1 Å². The Kier molecular flexibility index (Phi) is 10.2. The minimum Gasteiger partial charge on any atom is -0.484 e. The molecule has 0 aliphatic rings. The van der Waals surface area contributed by atoms with Gasteiger partial charge in [-0.2, -0.15) is 0 Å². The number of unbranched alkanes of at least 4 members (excludes halogenated alkanes) is 1. The SMILES string of the molecule is CCCCNC(=O)C(CC)N(Cc1ccc(Cl)c(Cl)c1)C(=O)COc1ccccc1C. The molecule has 1 atom stereocenters. The summed E-state index contributed by atoms with van der Waals surface area (Å²) in [5.41, 5.74) is 1.73. The molecule has 0 saturated heterocycles. The monoisotopic (exact) mass is 464 g/mol. The molecule has 0 fully saturated rings. The lowest BCUT2D eigenvalue weighted by atomic mass is 10.1. The molecule has 2 amide bonds. The van der Waals surface area contributed by atoms with Crippen LogP contribution in [0.2, 0.25) is 10.0 Å². The number of hydrogen-bond acceptors (Lipinski definition) is 3. The fraction of sp³-hybridized carbons (Fsp3) is 0.417. The van der Waals surface area contributed by atoms with Crippen molar-refractivity contribution >= 4 is 35.0 Å². The summed E-state index contributed by atoms with van der Waals surface area (Å²) in [6.07, 6.45) is 2.35. The van der Waals surface area contributed by atoms with Crippen LogP contribution in [0.3, 0.4) is 0 Å². The first-order chi connectivity index (χ1) is 14.9. The van der Waals surface area contributed by atoms with Crippen molar-refractivity contribution in [1.82, 2.24) is 10.2 Å². The molecule has 1 unspecified atom stereocenters. The Morgan fingerprint density at radius 1 is 1.10 bits per heavy atom. The molecule has 5 nitrogen and oxygen atoms in total. The minimum absolute atomic E-state index is 0.162. The standard InChI is InChI=1S/C24H30Cl2N2O3/c1-4-6-13-27-24(30)21(5-2)28(15-18-11-12-19(25)20(26)14-18)23(29)16-31-22-10-8-7-9-17(22)3/h7-12,14,21H,4-6,13,15-16H2,1-3H3,(H,27,30). The number of para-hydroxylation sites is 1. The van der Waals surface area contributed by atoms with Crippen LogP contribution in [0.4, 0.5) is 0 Å². The van der Waals surface area contributed by atoms with Crippen molar-refractivity contribution in [3.63, 3.8) is 0 Å². The van der Waals surface area contributed by atoms with Gasteiger partial charge in [0.05, 0.1) is 10.0 Å². The highest BCUT2D eigenvalue weighted by Gasteiger charge is 2.29. The Balaban J connectivity index is 2.22. The molecule has 7 heteroatoms. The van der Waals surface area contributed by atoms with Crippen LogP contribution >= 0.6 is 23.2 Å². The smallest absolute Gasteiger partial charge is 0.261 e. The highest BCUT2D eigenvalue weighted by molar-refractivity contribution is 6.42. The molecule has 0 spiro atoms. The number of rotatable bonds is 11. The van der Waals surface area contributed by atoms with Gasteiger partial charge in [0.2, 0.25) is 5.91 Å². The Morgan fingerprint density at radius 2 is 1.84 bits per heavy atom. The Bertz CT molecular complexity index is 889. The number of nitrogens with one attached hydrogen (secondary N) is 1. The zero-order valence-electron chi connectivity index (χ0n) is 18.3. The predicted octanol–water partition coefficient (Wildman–Crippen LogP) is 5.40. The molecule has 0 radical (unpaired) electrons. The third-order valence-corrected chi connectivity index (χ3v) is 5.74. The van der Waals surface area contributed by atoms with E-state index < -0.39 is 6.04 Å². The van der Waals surface area contributed by atoms with E-state index in [1.54, 1.807) is 23.1 Å². The van der Waals surface area contributed by atoms with Crippen molar-refractivity contribution in [2.24, 2.45) is 0 Å². The maximum absolute atomic E-state index is 13.2. The summed E-state index contributed by atoms with van der Waals surface area (Å²) in [4.78, 5) is 27.6. The number of halogens is 2. The summed E-state index contributed by atoms with van der Waals surface area (Å²) in [5, 5.41) is 3.78. The van der Waals surface area contributed by atoms with Gasteiger partial charge in [-0.3, -0.25) is 9.59 Å². The van der Waals surface area contributed by atoms with Crippen LogP contribution in [0.5, 0.6) is 5.75 Å². The number of hydrogen-bond donors (Lipinski definition) is 1. The Morgan fingerprint density at radius 3 is 2.48 bits per heavy atom. The van der Waals surface area contributed by atoms with Crippen molar-refractivity contribution in [3.05, 3.63) is 63.6 Å². The quantitative estimate of drug-likeness (QED) is 0.452. The second-order valence-corrected chi connectivity index (χ2v) is 8.21. The van der Waals surface area contributed by atoms with E-state index in [9.17, 15) is 9.59 Å². The van der Waals surface area contributed by atoms with E-state index in [0.29, 0.717) is 28.8 Å². The summed E-state index contributed by atoms with van der Waals surface area (Å²) >= 11 is 12.2. The van der Waals surface area contributed by atoms with Crippen molar-refractivity contribution in [2.75, 3.05) is 13.2 Å². The lowest BCUT2D eigenvalue weighted by Gasteiger charge is -2.30. The van der Waals surface area contributed by atoms with Crippen molar-refractivity contribution < 1.29 is 14.3 Å². The van der Waals surface area contributed by atoms with Gasteiger partial charge in [-0.05, 0) is 49.1 Å². The zero-order chi connectivity index (χ0) is 22.8. The van der Waals surface area contributed by atoms with Crippen LogP contribution in [0.1, 0.15) is 44.2 Å². The summed E-state index contributed by atoms with van der Waals surface area (Å²) in [7, 11) is 0. The number of benzene rings is 2. The largest absolute Gasteiger partial charge is 0.484 e. The number of carbonyl (C=O) groups is 2. The Labute approximate surface area is 194 Å². The van der Waals surface area contributed by atoms with E-state index in [-0.39, 0.29) is 25.0 Å².